The lowest BCUT2D eigenvalue weighted by atomic mass is 9.78. The summed E-state index contributed by atoms with van der Waals surface area (Å²) in [6.45, 7) is 1.24. The van der Waals surface area contributed by atoms with Crippen molar-refractivity contribution in [2.24, 2.45) is 23.3 Å². The van der Waals surface area contributed by atoms with Gasteiger partial charge in [-0.15, -0.1) is 0 Å². The van der Waals surface area contributed by atoms with Gasteiger partial charge < -0.3 is 21.1 Å². The van der Waals surface area contributed by atoms with Gasteiger partial charge in [0.05, 0.1) is 31.5 Å². The number of ketones is 1. The Balaban J connectivity index is 1.43. The third-order valence-corrected chi connectivity index (χ3v) is 8.47. The molecule has 1 aliphatic carbocycles. The number of Topliss-reactive ketones (excluding diaryl/α,β-unsaturated/α-hetero) is 1. The van der Waals surface area contributed by atoms with Gasteiger partial charge in [0.25, 0.3) is 0 Å². The number of likely N-dealkylation sites (tertiary alicyclic amines) is 1. The molecule has 1 unspecified atom stereocenters. The molecule has 2 fully saturated rings. The summed E-state index contributed by atoms with van der Waals surface area (Å²) in [5.41, 5.74) is 15.4. The van der Waals surface area contributed by atoms with Crippen molar-refractivity contribution < 1.29 is 19.1 Å². The number of methoxy groups -OCH3 is 1. The van der Waals surface area contributed by atoms with Crippen LogP contribution < -0.4 is 11.5 Å². The van der Waals surface area contributed by atoms with Crippen LogP contribution in [0.25, 0.3) is 0 Å². The van der Waals surface area contributed by atoms with E-state index in [9.17, 15) is 14.4 Å². The van der Waals surface area contributed by atoms with Crippen molar-refractivity contribution in [1.29, 1.82) is 0 Å². The number of nitrogens with two attached hydrogens (primary N) is 2. The monoisotopic (exact) mass is 519 g/mol. The lowest BCUT2D eigenvalue weighted by molar-refractivity contribution is -0.144. The fourth-order valence-corrected chi connectivity index (χ4v) is 6.11. The Morgan fingerprint density at radius 1 is 1.03 bits per heavy atom. The Morgan fingerprint density at radius 2 is 1.71 bits per heavy atom. The molecule has 4 rings (SSSR count). The number of amides is 1. The van der Waals surface area contributed by atoms with Crippen molar-refractivity contribution in [2.75, 3.05) is 20.2 Å². The number of rotatable bonds is 11. The Hall–Kier alpha value is -3.03. The number of hydrogen-bond acceptors (Lipinski definition) is 6. The zero-order valence-electron chi connectivity index (χ0n) is 22.4. The van der Waals surface area contributed by atoms with E-state index >= 15 is 0 Å². The molecule has 0 bridgehead atoms. The quantitative estimate of drug-likeness (QED) is 0.344. The first-order valence-corrected chi connectivity index (χ1v) is 13.9. The first-order valence-electron chi connectivity index (χ1n) is 13.9. The molecular formula is C31H41N3O4. The van der Waals surface area contributed by atoms with Gasteiger partial charge in [-0.1, -0.05) is 54.6 Å². The number of nitrogens with zero attached hydrogens (tertiary/aromatic N) is 1. The molecule has 1 saturated carbocycles. The second-order valence-electron chi connectivity index (χ2n) is 10.9. The van der Waals surface area contributed by atoms with Crippen molar-refractivity contribution in [2.45, 2.75) is 69.4 Å². The van der Waals surface area contributed by atoms with E-state index in [0.29, 0.717) is 30.4 Å². The van der Waals surface area contributed by atoms with E-state index in [1.165, 1.54) is 18.2 Å². The molecular weight excluding hydrogens is 478 g/mol. The van der Waals surface area contributed by atoms with Crippen LogP contribution in [0.3, 0.4) is 0 Å². The molecule has 204 valence electrons. The van der Waals surface area contributed by atoms with E-state index in [-0.39, 0.29) is 18.1 Å². The lowest BCUT2D eigenvalue weighted by Crippen LogP contribution is -2.50. The van der Waals surface area contributed by atoms with Crippen molar-refractivity contribution in [3.8, 4) is 0 Å². The molecule has 2 aromatic rings. The summed E-state index contributed by atoms with van der Waals surface area (Å²) < 4.78 is 4.81. The molecule has 1 saturated heterocycles. The number of aryl methyl sites for hydroxylation is 1. The van der Waals surface area contributed by atoms with E-state index in [1.54, 1.807) is 4.90 Å². The number of hydrogen-bond donors (Lipinski definition) is 2. The van der Waals surface area contributed by atoms with Gasteiger partial charge in [0.1, 0.15) is 0 Å². The van der Waals surface area contributed by atoms with Gasteiger partial charge in [-0.3, -0.25) is 14.4 Å². The summed E-state index contributed by atoms with van der Waals surface area (Å²) in [6.07, 6.45) is 6.48. The average molecular weight is 520 g/mol. The van der Waals surface area contributed by atoms with Gasteiger partial charge in [-0.05, 0) is 74.5 Å². The van der Waals surface area contributed by atoms with Crippen LogP contribution in [0.1, 0.15) is 72.3 Å². The number of ether oxygens (including phenoxy) is 1. The van der Waals surface area contributed by atoms with E-state index in [0.717, 1.165) is 45.1 Å². The van der Waals surface area contributed by atoms with E-state index in [2.05, 4.69) is 12.1 Å². The number of carbonyl (C=O) groups is 3. The van der Waals surface area contributed by atoms with E-state index in [1.807, 2.05) is 42.5 Å². The topological polar surface area (TPSA) is 116 Å². The van der Waals surface area contributed by atoms with Crippen molar-refractivity contribution in [1.82, 2.24) is 4.90 Å². The first kappa shape index (κ1) is 28.0. The molecule has 2 aromatic carbocycles. The molecule has 7 heteroatoms. The zero-order valence-corrected chi connectivity index (χ0v) is 22.4. The highest BCUT2D eigenvalue weighted by atomic mass is 16.5. The fraction of sp³-hybridized carbons (Fsp3) is 0.516. The predicted octanol–water partition coefficient (Wildman–Crippen LogP) is 3.84. The van der Waals surface area contributed by atoms with Crippen LogP contribution in [0.4, 0.5) is 0 Å². The van der Waals surface area contributed by atoms with Crippen LogP contribution in [0.5, 0.6) is 0 Å². The first-order chi connectivity index (χ1) is 18.4. The number of benzene rings is 2. The van der Waals surface area contributed by atoms with Gasteiger partial charge in [-0.25, -0.2) is 0 Å². The molecule has 7 nitrogen and oxygen atoms in total. The second-order valence-corrected chi connectivity index (χ2v) is 10.9. The Labute approximate surface area is 225 Å². The van der Waals surface area contributed by atoms with Gasteiger partial charge in [-0.2, -0.15) is 0 Å². The van der Waals surface area contributed by atoms with Crippen LogP contribution in [-0.2, 0) is 20.7 Å². The molecule has 1 heterocycles. The Bertz CT molecular complexity index is 1080. The summed E-state index contributed by atoms with van der Waals surface area (Å²) in [5.74, 6) is -0.119. The maximum absolute atomic E-state index is 13.5. The average Bonchev–Trinajstić information content (AvgIpc) is 3.27. The largest absolute Gasteiger partial charge is 0.469 e. The standard InChI is InChI=1S/C31H41N3O4/c1-38-28(35)19-26-18-27(34(31(26)37)17-5-8-21-6-3-2-4-7-21)29(33)30(36)25-15-13-24(14-16-25)23-11-9-22(20-32)10-12-23/h2-4,6-7,13-16,22-23,26-27,29H,5,8-12,17-20,32-33H2,1H3/t22?,23?,26-,27-,29?/m0/s1. The minimum absolute atomic E-state index is 0.00300. The van der Waals surface area contributed by atoms with Crippen molar-refractivity contribution in [3.05, 3.63) is 71.3 Å². The minimum atomic E-state index is -0.857. The molecule has 38 heavy (non-hydrogen) atoms. The van der Waals surface area contributed by atoms with Gasteiger partial charge in [0.2, 0.25) is 5.91 Å². The summed E-state index contributed by atoms with van der Waals surface area (Å²) in [6, 6.07) is 16.6. The smallest absolute Gasteiger partial charge is 0.306 e. The van der Waals surface area contributed by atoms with E-state index < -0.39 is 24.0 Å². The highest BCUT2D eigenvalue weighted by Gasteiger charge is 2.44. The SMILES string of the molecule is COC(=O)C[C@@H]1C[C@@H](C(N)C(=O)c2ccc(C3CCC(CN)CC3)cc2)N(CCCc2ccccc2)C1=O. The molecule has 3 atom stereocenters. The van der Waals surface area contributed by atoms with Gasteiger partial charge >= 0.3 is 5.97 Å². The molecule has 0 radical (unpaired) electrons. The van der Waals surface area contributed by atoms with Crippen LogP contribution in [-0.4, -0.2) is 54.8 Å². The van der Waals surface area contributed by atoms with Crippen LogP contribution in [0.15, 0.2) is 54.6 Å². The Kier molecular flexibility index (Phi) is 9.69. The van der Waals surface area contributed by atoms with E-state index in [4.69, 9.17) is 16.2 Å². The number of carbonyl (C=O) groups excluding carboxylic acids is 3. The van der Waals surface area contributed by atoms with Crippen molar-refractivity contribution >= 4 is 17.7 Å². The lowest BCUT2D eigenvalue weighted by Gasteiger charge is -2.29. The molecule has 0 aromatic heterocycles. The van der Waals surface area contributed by atoms with Crippen molar-refractivity contribution in [3.63, 3.8) is 0 Å². The second kappa shape index (κ2) is 13.2. The summed E-state index contributed by atoms with van der Waals surface area (Å²) in [5, 5.41) is 0. The van der Waals surface area contributed by atoms with Crippen LogP contribution in [0, 0.1) is 11.8 Å². The number of esters is 1. The molecule has 2 aliphatic rings. The minimum Gasteiger partial charge on any atom is -0.469 e. The molecule has 1 amide bonds. The Morgan fingerprint density at radius 3 is 2.34 bits per heavy atom. The normalized spacial score (nSPS) is 24.3. The third-order valence-electron chi connectivity index (χ3n) is 8.47. The van der Waals surface area contributed by atoms with Gasteiger partial charge in [0.15, 0.2) is 5.78 Å². The fourth-order valence-electron chi connectivity index (χ4n) is 6.11. The highest BCUT2D eigenvalue weighted by Crippen LogP contribution is 2.36. The van der Waals surface area contributed by atoms with Crippen LogP contribution >= 0.6 is 0 Å². The van der Waals surface area contributed by atoms with Gasteiger partial charge in [0, 0.05) is 12.1 Å². The molecule has 0 spiro atoms. The molecule has 4 N–H and O–H groups in total. The van der Waals surface area contributed by atoms with Crippen LogP contribution in [0.2, 0.25) is 0 Å². The summed E-state index contributed by atoms with van der Waals surface area (Å²) in [4.78, 5) is 40.4. The third kappa shape index (κ3) is 6.69. The summed E-state index contributed by atoms with van der Waals surface area (Å²) in [7, 11) is 1.32. The summed E-state index contributed by atoms with van der Waals surface area (Å²) >= 11 is 0. The molecule has 1 aliphatic heterocycles. The predicted molar refractivity (Wildman–Crippen MR) is 148 cm³/mol. The maximum Gasteiger partial charge on any atom is 0.306 e. The zero-order chi connectivity index (χ0) is 27.1. The maximum atomic E-state index is 13.5. The highest BCUT2D eigenvalue weighted by molar-refractivity contribution is 6.01.